The molecule has 0 N–H and O–H groups in total. The Balaban J connectivity index is 1.47. The lowest BCUT2D eigenvalue weighted by molar-refractivity contribution is -0.0228. The number of fused-ring (bicyclic) bond motifs is 1. The lowest BCUT2D eigenvalue weighted by Crippen LogP contribution is -2.41. The van der Waals surface area contributed by atoms with Crippen molar-refractivity contribution in [2.45, 2.75) is 32.7 Å². The summed E-state index contributed by atoms with van der Waals surface area (Å²) in [5.74, 6) is 1.54. The molecule has 1 amide bonds. The number of carbonyl (C=O) groups excluding carboxylic acids is 1. The number of carbonyl (C=O) groups is 1. The molecule has 3 rings (SSSR count). The molecule has 0 saturated carbocycles. The molecule has 2 aliphatic rings. The molecule has 2 heterocycles. The summed E-state index contributed by atoms with van der Waals surface area (Å²) < 4.78 is 21.6. The monoisotopic (exact) mass is 364 g/mol. The first kappa shape index (κ1) is 18.8. The third-order valence-corrected chi connectivity index (χ3v) is 4.75. The molecule has 1 fully saturated rings. The predicted octanol–water partition coefficient (Wildman–Crippen LogP) is 2.48. The number of nitrogens with zero attached hydrogens (tertiary/aromatic N) is 2. The standard InChI is InChI=1S/C19H28N2O5/c1-3-21(19(22)24-10-8-20-7-4-9-23-13-20)15(2)11-16-5-6-17-18(12-16)26-14-25-17/h5-6,12,15H,3-4,7-11,13-14H2,1-2H3. The van der Waals surface area contributed by atoms with Gasteiger partial charge >= 0.3 is 6.09 Å². The molecule has 1 atom stereocenters. The number of hydrogen-bond donors (Lipinski definition) is 0. The van der Waals surface area contributed by atoms with Crippen molar-refractivity contribution in [3.63, 3.8) is 0 Å². The first-order chi connectivity index (χ1) is 12.7. The van der Waals surface area contributed by atoms with Crippen LogP contribution >= 0.6 is 0 Å². The van der Waals surface area contributed by atoms with Crippen LogP contribution in [0.2, 0.25) is 0 Å². The molecule has 1 unspecified atom stereocenters. The molecular formula is C19H28N2O5. The number of likely N-dealkylation sites (N-methyl/N-ethyl adjacent to an activating group) is 1. The molecule has 7 heteroatoms. The van der Waals surface area contributed by atoms with E-state index in [1.165, 1.54) is 0 Å². The van der Waals surface area contributed by atoms with Crippen LogP contribution < -0.4 is 9.47 Å². The normalized spacial score (nSPS) is 17.8. The minimum Gasteiger partial charge on any atom is -0.454 e. The summed E-state index contributed by atoms with van der Waals surface area (Å²) in [4.78, 5) is 16.4. The largest absolute Gasteiger partial charge is 0.454 e. The summed E-state index contributed by atoms with van der Waals surface area (Å²) in [7, 11) is 0. The van der Waals surface area contributed by atoms with Gasteiger partial charge in [0, 0.05) is 32.3 Å². The molecule has 1 aromatic carbocycles. The van der Waals surface area contributed by atoms with Crippen molar-refractivity contribution in [3.8, 4) is 11.5 Å². The van der Waals surface area contributed by atoms with Gasteiger partial charge in [-0.1, -0.05) is 6.07 Å². The Morgan fingerprint density at radius 2 is 2.19 bits per heavy atom. The average molecular weight is 364 g/mol. The van der Waals surface area contributed by atoms with Crippen molar-refractivity contribution >= 4 is 6.09 Å². The van der Waals surface area contributed by atoms with Crippen LogP contribution in [0.25, 0.3) is 0 Å². The summed E-state index contributed by atoms with van der Waals surface area (Å²) in [6, 6.07) is 5.94. The van der Waals surface area contributed by atoms with E-state index < -0.39 is 0 Å². The number of rotatable bonds is 7. The van der Waals surface area contributed by atoms with Crippen molar-refractivity contribution in [3.05, 3.63) is 23.8 Å². The maximum atomic E-state index is 12.4. The van der Waals surface area contributed by atoms with Gasteiger partial charge in [0.05, 0.1) is 6.73 Å². The number of amides is 1. The molecule has 1 saturated heterocycles. The van der Waals surface area contributed by atoms with Gasteiger partial charge in [-0.25, -0.2) is 4.79 Å². The fourth-order valence-electron chi connectivity index (χ4n) is 3.31. The lowest BCUT2D eigenvalue weighted by Gasteiger charge is -2.29. The molecule has 0 bridgehead atoms. The summed E-state index contributed by atoms with van der Waals surface area (Å²) in [5, 5.41) is 0. The summed E-state index contributed by atoms with van der Waals surface area (Å²) in [6.07, 6.45) is 1.50. The molecule has 26 heavy (non-hydrogen) atoms. The number of benzene rings is 1. The predicted molar refractivity (Wildman–Crippen MR) is 96.5 cm³/mol. The van der Waals surface area contributed by atoms with Crippen molar-refractivity contribution in [2.24, 2.45) is 0 Å². The molecule has 0 spiro atoms. The second-order valence-corrected chi connectivity index (χ2v) is 6.65. The molecule has 0 aromatic heterocycles. The van der Waals surface area contributed by atoms with Crippen LogP contribution in [0, 0.1) is 0 Å². The third kappa shape index (κ3) is 4.80. The highest BCUT2D eigenvalue weighted by Gasteiger charge is 2.22. The molecule has 0 aliphatic carbocycles. The van der Waals surface area contributed by atoms with Gasteiger partial charge in [0.1, 0.15) is 6.61 Å². The summed E-state index contributed by atoms with van der Waals surface area (Å²) in [6.45, 7) is 8.41. The molecule has 1 aromatic rings. The van der Waals surface area contributed by atoms with Crippen molar-refractivity contribution in [1.82, 2.24) is 9.80 Å². The fourth-order valence-corrected chi connectivity index (χ4v) is 3.31. The Bertz CT molecular complexity index is 604. The molecule has 7 nitrogen and oxygen atoms in total. The van der Waals surface area contributed by atoms with Crippen LogP contribution in [0.4, 0.5) is 4.79 Å². The second kappa shape index (κ2) is 9.09. The Kier molecular flexibility index (Phi) is 6.57. The third-order valence-electron chi connectivity index (χ3n) is 4.75. The summed E-state index contributed by atoms with van der Waals surface area (Å²) in [5.41, 5.74) is 1.11. The van der Waals surface area contributed by atoms with E-state index >= 15 is 0 Å². The maximum absolute atomic E-state index is 12.4. The smallest absolute Gasteiger partial charge is 0.410 e. The van der Waals surface area contributed by atoms with Gasteiger partial charge in [-0.2, -0.15) is 0 Å². The highest BCUT2D eigenvalue weighted by Crippen LogP contribution is 2.33. The zero-order valence-corrected chi connectivity index (χ0v) is 15.6. The SMILES string of the molecule is CCN(C(=O)OCCN1CCCOC1)C(C)Cc1ccc2c(c1)OCO2. The highest BCUT2D eigenvalue weighted by molar-refractivity contribution is 5.68. The fraction of sp³-hybridized carbons (Fsp3) is 0.632. The van der Waals surface area contributed by atoms with Gasteiger partial charge in [-0.15, -0.1) is 0 Å². The van der Waals surface area contributed by atoms with Crippen LogP contribution in [0.15, 0.2) is 18.2 Å². The van der Waals surface area contributed by atoms with Crippen LogP contribution in [0.5, 0.6) is 11.5 Å². The van der Waals surface area contributed by atoms with Gasteiger partial charge in [0.25, 0.3) is 0 Å². The Morgan fingerprint density at radius 1 is 1.35 bits per heavy atom. The molecule has 144 valence electrons. The quantitative estimate of drug-likeness (QED) is 0.741. The van der Waals surface area contributed by atoms with E-state index in [0.717, 1.165) is 43.1 Å². The van der Waals surface area contributed by atoms with E-state index in [4.69, 9.17) is 18.9 Å². The number of ether oxygens (including phenoxy) is 4. The minimum absolute atomic E-state index is 0.0335. The minimum atomic E-state index is -0.265. The highest BCUT2D eigenvalue weighted by atomic mass is 16.7. The van der Waals surface area contributed by atoms with Gasteiger partial charge in [0.15, 0.2) is 11.5 Å². The van der Waals surface area contributed by atoms with Crippen LogP contribution in [0.3, 0.4) is 0 Å². The van der Waals surface area contributed by atoms with E-state index in [2.05, 4.69) is 4.90 Å². The van der Waals surface area contributed by atoms with Crippen LogP contribution in [-0.2, 0) is 15.9 Å². The molecule has 2 aliphatic heterocycles. The second-order valence-electron chi connectivity index (χ2n) is 6.65. The van der Waals surface area contributed by atoms with Crippen molar-refractivity contribution in [1.29, 1.82) is 0 Å². The summed E-state index contributed by atoms with van der Waals surface area (Å²) >= 11 is 0. The van der Waals surface area contributed by atoms with Crippen LogP contribution in [-0.4, -0.2) is 68.3 Å². The zero-order valence-electron chi connectivity index (χ0n) is 15.6. The lowest BCUT2D eigenvalue weighted by atomic mass is 10.1. The van der Waals surface area contributed by atoms with E-state index in [1.807, 2.05) is 32.0 Å². The van der Waals surface area contributed by atoms with E-state index in [9.17, 15) is 4.79 Å². The topological polar surface area (TPSA) is 60.5 Å². The number of hydrogen-bond acceptors (Lipinski definition) is 6. The molecular weight excluding hydrogens is 336 g/mol. The first-order valence-electron chi connectivity index (χ1n) is 9.29. The van der Waals surface area contributed by atoms with E-state index in [0.29, 0.717) is 26.4 Å². The average Bonchev–Trinajstić information content (AvgIpc) is 3.11. The molecule has 0 radical (unpaired) electrons. The first-order valence-corrected chi connectivity index (χ1v) is 9.29. The van der Waals surface area contributed by atoms with Crippen molar-refractivity contribution < 1.29 is 23.7 Å². The van der Waals surface area contributed by atoms with Gasteiger partial charge < -0.3 is 23.8 Å². The Hall–Kier alpha value is -1.99. The zero-order chi connectivity index (χ0) is 18.4. The van der Waals surface area contributed by atoms with Gasteiger partial charge in [-0.3, -0.25) is 4.90 Å². The van der Waals surface area contributed by atoms with Gasteiger partial charge in [0.2, 0.25) is 6.79 Å². The maximum Gasteiger partial charge on any atom is 0.410 e. The van der Waals surface area contributed by atoms with Gasteiger partial charge in [-0.05, 0) is 44.4 Å². The Morgan fingerprint density at radius 3 is 2.96 bits per heavy atom. The Labute approximate surface area is 154 Å². The van der Waals surface area contributed by atoms with Crippen molar-refractivity contribution in [2.75, 3.05) is 46.4 Å². The van der Waals surface area contributed by atoms with E-state index in [-0.39, 0.29) is 18.9 Å². The van der Waals surface area contributed by atoms with E-state index in [1.54, 1.807) is 4.90 Å². The van der Waals surface area contributed by atoms with Crippen LogP contribution in [0.1, 0.15) is 25.8 Å².